The second kappa shape index (κ2) is 42.6. The summed E-state index contributed by atoms with van der Waals surface area (Å²) in [5.74, 6) is 12.1. The van der Waals surface area contributed by atoms with E-state index in [1.54, 1.807) is 0 Å². The van der Waals surface area contributed by atoms with E-state index in [1.165, 1.54) is 77.0 Å². The fourth-order valence-electron chi connectivity index (χ4n) is 5.92. The van der Waals surface area contributed by atoms with Crippen LogP contribution in [-0.2, 0) is 28.6 Å². The number of ether oxygens (including phenoxy) is 3. The molecule has 54 heavy (non-hydrogen) atoms. The van der Waals surface area contributed by atoms with Crippen LogP contribution in [0.5, 0.6) is 0 Å². The van der Waals surface area contributed by atoms with E-state index in [0.717, 1.165) is 96.3 Å². The van der Waals surface area contributed by atoms with Gasteiger partial charge in [-0.15, -0.1) is 23.7 Å². The summed E-state index contributed by atoms with van der Waals surface area (Å²) in [5, 5.41) is 3.49. The van der Waals surface area contributed by atoms with Crippen molar-refractivity contribution in [2.45, 2.75) is 225 Å². The molecule has 0 fully saturated rings. The van der Waals surface area contributed by atoms with E-state index in [-0.39, 0.29) is 38.0 Å². The standard InChI is InChI=1S/C45H77N3O6/c1-3-5-7-9-11-13-15-17-19-21-23-25-27-29-32-36-43(49)52-40-42(41-53-44(50)37-34-31-35-39-47-48-46)54-45(51)38-33-30-28-26-24-22-20-18-16-14-12-10-8-6-4-2/h42H,3-16,21-41H2,1-2H3. The number of esters is 3. The molecular formula is C45H77N3O6. The third-order valence-electron chi connectivity index (χ3n) is 9.29. The molecule has 0 aromatic carbocycles. The topological polar surface area (TPSA) is 128 Å². The van der Waals surface area contributed by atoms with Crippen LogP contribution in [0, 0.1) is 23.7 Å². The fourth-order valence-corrected chi connectivity index (χ4v) is 5.92. The SMILES string of the molecule is CCCCCCCCC#CCCCCCCCC(=O)OCC(COC(=O)CCCCCN=[N+]=[N-])OC(=O)CCCCCCCC#CCCCCCCCC. The minimum absolute atomic E-state index is 0.138. The number of unbranched alkanes of at least 4 members (excludes halogenated alkanes) is 24. The van der Waals surface area contributed by atoms with Gasteiger partial charge in [-0.05, 0) is 56.9 Å². The molecule has 0 amide bonds. The number of rotatable bonds is 37. The Bertz CT molecular complexity index is 1080. The van der Waals surface area contributed by atoms with Crippen LogP contribution in [0.3, 0.4) is 0 Å². The Labute approximate surface area is 330 Å². The number of hydrogen-bond acceptors (Lipinski definition) is 7. The van der Waals surface area contributed by atoms with Gasteiger partial charge in [0.15, 0.2) is 6.10 Å². The third-order valence-corrected chi connectivity index (χ3v) is 9.29. The molecule has 9 nitrogen and oxygen atoms in total. The van der Waals surface area contributed by atoms with Crippen molar-refractivity contribution in [3.8, 4) is 23.7 Å². The average Bonchev–Trinajstić information content (AvgIpc) is 3.17. The largest absolute Gasteiger partial charge is 0.462 e. The predicted molar refractivity (Wildman–Crippen MR) is 220 cm³/mol. The van der Waals surface area contributed by atoms with Crippen LogP contribution >= 0.6 is 0 Å². The summed E-state index contributed by atoms with van der Waals surface area (Å²) in [4.78, 5) is 40.1. The van der Waals surface area contributed by atoms with Gasteiger partial charge in [0.25, 0.3) is 0 Å². The molecule has 0 aliphatic rings. The molecule has 0 heterocycles. The Morgan fingerprint density at radius 3 is 1.20 bits per heavy atom. The first-order valence-electron chi connectivity index (χ1n) is 22.0. The lowest BCUT2D eigenvalue weighted by molar-refractivity contribution is -0.167. The third kappa shape index (κ3) is 40.0. The fraction of sp³-hybridized carbons (Fsp3) is 0.844. The molecular weight excluding hydrogens is 679 g/mol. The van der Waals surface area contributed by atoms with Gasteiger partial charge < -0.3 is 14.2 Å². The Hall–Kier alpha value is -3.16. The Morgan fingerprint density at radius 1 is 0.481 bits per heavy atom. The number of azide groups is 1. The van der Waals surface area contributed by atoms with E-state index in [9.17, 15) is 14.4 Å². The van der Waals surface area contributed by atoms with Crippen molar-refractivity contribution in [2.75, 3.05) is 19.8 Å². The summed E-state index contributed by atoms with van der Waals surface area (Å²) in [6.45, 7) is 4.59. The van der Waals surface area contributed by atoms with Crippen LogP contribution in [0.2, 0.25) is 0 Å². The molecule has 1 atom stereocenters. The maximum atomic E-state index is 12.6. The van der Waals surface area contributed by atoms with Crippen molar-refractivity contribution in [3.05, 3.63) is 10.4 Å². The van der Waals surface area contributed by atoms with Crippen LogP contribution < -0.4 is 0 Å². The molecule has 0 bridgehead atoms. The van der Waals surface area contributed by atoms with Crippen molar-refractivity contribution in [2.24, 2.45) is 5.11 Å². The van der Waals surface area contributed by atoms with Crippen molar-refractivity contribution >= 4 is 17.9 Å². The molecule has 0 aromatic heterocycles. The predicted octanol–water partition coefficient (Wildman–Crippen LogP) is 12.8. The van der Waals surface area contributed by atoms with E-state index >= 15 is 0 Å². The Kier molecular flexibility index (Phi) is 40.1. The van der Waals surface area contributed by atoms with E-state index in [1.807, 2.05) is 0 Å². The second-order valence-corrected chi connectivity index (χ2v) is 14.5. The van der Waals surface area contributed by atoms with Gasteiger partial charge in [-0.25, -0.2) is 0 Å². The maximum Gasteiger partial charge on any atom is 0.306 e. The van der Waals surface area contributed by atoms with Crippen molar-refractivity contribution < 1.29 is 28.6 Å². The normalized spacial score (nSPS) is 11.0. The minimum Gasteiger partial charge on any atom is -0.462 e. The molecule has 308 valence electrons. The lowest BCUT2D eigenvalue weighted by atomic mass is 10.1. The smallest absolute Gasteiger partial charge is 0.306 e. The molecule has 9 heteroatoms. The Balaban J connectivity index is 4.31. The molecule has 0 N–H and O–H groups in total. The van der Waals surface area contributed by atoms with Gasteiger partial charge >= 0.3 is 17.9 Å². The zero-order valence-electron chi connectivity index (χ0n) is 34.6. The van der Waals surface area contributed by atoms with Crippen molar-refractivity contribution in [3.63, 3.8) is 0 Å². The highest BCUT2D eigenvalue weighted by Crippen LogP contribution is 2.12. The zero-order chi connectivity index (χ0) is 39.4. The first kappa shape index (κ1) is 50.8. The van der Waals surface area contributed by atoms with Gasteiger partial charge in [-0.1, -0.05) is 128 Å². The quantitative estimate of drug-likeness (QED) is 0.0118. The molecule has 0 rings (SSSR count). The highest BCUT2D eigenvalue weighted by Gasteiger charge is 2.19. The number of carbonyl (C=O) groups is 3. The van der Waals surface area contributed by atoms with Crippen LogP contribution in [0.4, 0.5) is 0 Å². The molecule has 0 aromatic rings. The van der Waals surface area contributed by atoms with Gasteiger partial charge in [0.05, 0.1) is 0 Å². The Morgan fingerprint density at radius 2 is 0.815 bits per heavy atom. The van der Waals surface area contributed by atoms with Gasteiger partial charge in [0.2, 0.25) is 0 Å². The van der Waals surface area contributed by atoms with Crippen LogP contribution in [0.1, 0.15) is 219 Å². The van der Waals surface area contributed by atoms with E-state index in [0.29, 0.717) is 25.8 Å². The van der Waals surface area contributed by atoms with E-state index in [2.05, 4.69) is 47.6 Å². The molecule has 0 radical (unpaired) electrons. The summed E-state index contributed by atoms with van der Waals surface area (Å²) in [5.41, 5.74) is 8.37. The van der Waals surface area contributed by atoms with Gasteiger partial charge in [-0.2, -0.15) is 0 Å². The molecule has 0 aliphatic heterocycles. The monoisotopic (exact) mass is 756 g/mol. The minimum atomic E-state index is -0.840. The van der Waals surface area contributed by atoms with Crippen LogP contribution in [-0.4, -0.2) is 43.8 Å². The van der Waals surface area contributed by atoms with Gasteiger partial charge in [0, 0.05) is 56.4 Å². The second-order valence-electron chi connectivity index (χ2n) is 14.5. The first-order chi connectivity index (χ1) is 26.5. The van der Waals surface area contributed by atoms with Crippen LogP contribution in [0.25, 0.3) is 10.4 Å². The first-order valence-corrected chi connectivity index (χ1v) is 22.0. The van der Waals surface area contributed by atoms with Crippen LogP contribution in [0.15, 0.2) is 5.11 Å². The lowest BCUT2D eigenvalue weighted by Gasteiger charge is -2.18. The molecule has 0 saturated carbocycles. The number of hydrogen-bond donors (Lipinski definition) is 0. The molecule has 0 spiro atoms. The summed E-state index contributed by atoms with van der Waals surface area (Å²) < 4.78 is 16.4. The van der Waals surface area contributed by atoms with Crippen molar-refractivity contribution in [1.82, 2.24) is 0 Å². The number of carbonyl (C=O) groups excluding carboxylic acids is 3. The average molecular weight is 756 g/mol. The molecule has 0 saturated heterocycles. The summed E-state index contributed by atoms with van der Waals surface area (Å²) in [6, 6.07) is 0. The van der Waals surface area contributed by atoms with E-state index < -0.39 is 12.1 Å². The summed E-state index contributed by atoms with van der Waals surface area (Å²) >= 11 is 0. The van der Waals surface area contributed by atoms with Crippen molar-refractivity contribution in [1.29, 1.82) is 0 Å². The summed E-state index contributed by atoms with van der Waals surface area (Å²) in [7, 11) is 0. The lowest BCUT2D eigenvalue weighted by Crippen LogP contribution is -2.30. The maximum absolute atomic E-state index is 12.6. The van der Waals surface area contributed by atoms with E-state index in [4.69, 9.17) is 19.7 Å². The summed E-state index contributed by atoms with van der Waals surface area (Å²) in [6.07, 6.45) is 31.3. The number of nitrogens with zero attached hydrogens (tertiary/aromatic N) is 3. The van der Waals surface area contributed by atoms with Gasteiger partial charge in [-0.3, -0.25) is 14.4 Å². The highest BCUT2D eigenvalue weighted by molar-refractivity contribution is 5.71. The zero-order valence-corrected chi connectivity index (χ0v) is 34.6. The molecule has 1 unspecified atom stereocenters. The highest BCUT2D eigenvalue weighted by atomic mass is 16.6. The molecule has 0 aliphatic carbocycles. The van der Waals surface area contributed by atoms with Gasteiger partial charge in [0.1, 0.15) is 13.2 Å².